The highest BCUT2D eigenvalue weighted by Gasteiger charge is 2.33. The number of amides is 2. The molecule has 6 nitrogen and oxygen atoms in total. The van der Waals surface area contributed by atoms with Gasteiger partial charge in [-0.2, -0.15) is 0 Å². The SMILES string of the molecule is Cc1ccc(-c2cc(C(=O)Nc3sc4c(c3C(N)=O)CC[C@@H](C(C)(C)C)C4)c3ccccc3n2)o1. The number of thiophene rings is 1. The number of aromatic nitrogens is 1. The molecule has 0 spiro atoms. The first kappa shape index (κ1) is 23.3. The fourth-order valence-corrected chi connectivity index (χ4v) is 6.23. The second-order valence-electron chi connectivity index (χ2n) is 10.3. The zero-order valence-electron chi connectivity index (χ0n) is 20.4. The predicted molar refractivity (Wildman–Crippen MR) is 140 cm³/mol. The molecule has 3 N–H and O–H groups in total. The molecule has 0 unspecified atom stereocenters. The topological polar surface area (TPSA) is 98.2 Å². The van der Waals surface area contributed by atoms with E-state index in [2.05, 4.69) is 26.1 Å². The summed E-state index contributed by atoms with van der Waals surface area (Å²) < 4.78 is 5.76. The number of carbonyl (C=O) groups excluding carboxylic acids is 2. The van der Waals surface area contributed by atoms with E-state index in [1.807, 2.05) is 43.3 Å². The first-order valence-corrected chi connectivity index (χ1v) is 12.7. The fraction of sp³-hybridized carbons (Fsp3) is 0.321. The van der Waals surface area contributed by atoms with Crippen molar-refractivity contribution in [3.63, 3.8) is 0 Å². The number of hydrogen-bond donors (Lipinski definition) is 2. The van der Waals surface area contributed by atoms with Gasteiger partial charge in [0.2, 0.25) is 0 Å². The minimum atomic E-state index is -0.502. The van der Waals surface area contributed by atoms with E-state index in [0.717, 1.165) is 40.8 Å². The number of carbonyl (C=O) groups is 2. The number of furan rings is 1. The number of nitrogens with one attached hydrogen (secondary N) is 1. The van der Waals surface area contributed by atoms with E-state index in [4.69, 9.17) is 15.1 Å². The predicted octanol–water partition coefficient (Wildman–Crippen LogP) is 6.37. The number of benzene rings is 1. The van der Waals surface area contributed by atoms with Crippen molar-refractivity contribution in [2.45, 2.75) is 47.0 Å². The number of para-hydroxylation sites is 1. The van der Waals surface area contributed by atoms with Gasteiger partial charge in [-0.05, 0) is 67.3 Å². The van der Waals surface area contributed by atoms with Crippen LogP contribution in [-0.4, -0.2) is 16.8 Å². The summed E-state index contributed by atoms with van der Waals surface area (Å²) in [5.74, 6) is 1.08. The number of primary amides is 1. The summed E-state index contributed by atoms with van der Waals surface area (Å²) in [6, 6.07) is 13.0. The standard InChI is InChI=1S/C28H29N3O3S/c1-15-9-12-22(34-15)21-14-19(17-7-5-6-8-20(17)30-21)26(33)31-27-24(25(29)32)18-11-10-16(28(2,3)4)13-23(18)35-27/h5-9,12,14,16H,10-11,13H2,1-4H3,(H2,29,32)(H,31,33)/t16-/m1/s1. The summed E-state index contributed by atoms with van der Waals surface area (Å²) in [7, 11) is 0. The molecule has 0 radical (unpaired) electrons. The van der Waals surface area contributed by atoms with Gasteiger partial charge >= 0.3 is 0 Å². The van der Waals surface area contributed by atoms with Crippen LogP contribution >= 0.6 is 11.3 Å². The lowest BCUT2D eigenvalue weighted by Gasteiger charge is -2.33. The molecule has 5 rings (SSSR count). The molecular formula is C28H29N3O3S. The first-order valence-electron chi connectivity index (χ1n) is 11.8. The number of rotatable bonds is 4. The molecular weight excluding hydrogens is 458 g/mol. The van der Waals surface area contributed by atoms with E-state index >= 15 is 0 Å². The Morgan fingerprint density at radius 2 is 1.94 bits per heavy atom. The summed E-state index contributed by atoms with van der Waals surface area (Å²) in [5.41, 5.74) is 9.16. The highest BCUT2D eigenvalue weighted by atomic mass is 32.1. The number of nitrogens with zero attached hydrogens (tertiary/aromatic N) is 1. The molecule has 0 saturated heterocycles. The van der Waals surface area contributed by atoms with Crippen LogP contribution in [0.3, 0.4) is 0 Å². The highest BCUT2D eigenvalue weighted by molar-refractivity contribution is 7.17. The number of fused-ring (bicyclic) bond motifs is 2. The average molecular weight is 488 g/mol. The summed E-state index contributed by atoms with van der Waals surface area (Å²) in [6.07, 6.45) is 2.68. The lowest BCUT2D eigenvalue weighted by atomic mass is 9.72. The van der Waals surface area contributed by atoms with Crippen molar-refractivity contribution in [1.82, 2.24) is 4.98 Å². The third-order valence-electron chi connectivity index (χ3n) is 6.92. The first-order chi connectivity index (χ1) is 16.6. The van der Waals surface area contributed by atoms with Crippen molar-refractivity contribution < 1.29 is 14.0 Å². The van der Waals surface area contributed by atoms with Crippen molar-refractivity contribution in [3.05, 3.63) is 69.8 Å². The summed E-state index contributed by atoms with van der Waals surface area (Å²) in [4.78, 5) is 31.9. The van der Waals surface area contributed by atoms with Crippen LogP contribution in [0.15, 0.2) is 46.9 Å². The van der Waals surface area contributed by atoms with Gasteiger partial charge in [-0.1, -0.05) is 39.0 Å². The zero-order chi connectivity index (χ0) is 24.9. The number of nitrogens with two attached hydrogens (primary N) is 1. The molecule has 0 fully saturated rings. The largest absolute Gasteiger partial charge is 0.460 e. The van der Waals surface area contributed by atoms with Crippen molar-refractivity contribution in [2.24, 2.45) is 17.1 Å². The van der Waals surface area contributed by atoms with Gasteiger partial charge in [0.25, 0.3) is 11.8 Å². The smallest absolute Gasteiger partial charge is 0.257 e. The maximum absolute atomic E-state index is 13.6. The van der Waals surface area contributed by atoms with Crippen LogP contribution in [-0.2, 0) is 12.8 Å². The van der Waals surface area contributed by atoms with Gasteiger partial charge in [-0.25, -0.2) is 4.98 Å². The Labute approximate surface area is 208 Å². The van der Waals surface area contributed by atoms with E-state index in [1.54, 1.807) is 6.07 Å². The molecule has 3 heterocycles. The fourth-order valence-electron chi connectivity index (χ4n) is 4.91. The molecule has 1 aromatic carbocycles. The van der Waals surface area contributed by atoms with Crippen LogP contribution in [0, 0.1) is 18.3 Å². The molecule has 1 aliphatic rings. The van der Waals surface area contributed by atoms with Crippen LogP contribution in [0.5, 0.6) is 0 Å². The van der Waals surface area contributed by atoms with Crippen molar-refractivity contribution >= 4 is 39.1 Å². The molecule has 35 heavy (non-hydrogen) atoms. The molecule has 1 atom stereocenters. The number of pyridine rings is 1. The van der Waals surface area contributed by atoms with Crippen LogP contribution in [0.4, 0.5) is 5.00 Å². The summed E-state index contributed by atoms with van der Waals surface area (Å²) in [5, 5.41) is 4.27. The second kappa shape index (κ2) is 8.64. The summed E-state index contributed by atoms with van der Waals surface area (Å²) >= 11 is 1.48. The second-order valence-corrected chi connectivity index (χ2v) is 11.4. The van der Waals surface area contributed by atoms with E-state index in [1.165, 1.54) is 11.3 Å². The average Bonchev–Trinajstić information content (AvgIpc) is 3.40. The summed E-state index contributed by atoms with van der Waals surface area (Å²) in [6.45, 7) is 8.62. The Morgan fingerprint density at radius 1 is 1.17 bits per heavy atom. The van der Waals surface area contributed by atoms with Crippen molar-refractivity contribution in [3.8, 4) is 11.5 Å². The molecule has 2 amide bonds. The Balaban J connectivity index is 1.55. The van der Waals surface area contributed by atoms with E-state index in [9.17, 15) is 9.59 Å². The van der Waals surface area contributed by atoms with Crippen LogP contribution in [0.1, 0.15) is 64.1 Å². The zero-order valence-corrected chi connectivity index (χ0v) is 21.2. The third kappa shape index (κ3) is 4.36. The molecule has 180 valence electrons. The van der Waals surface area contributed by atoms with Gasteiger partial charge in [0, 0.05) is 10.3 Å². The molecule has 7 heteroatoms. The monoisotopic (exact) mass is 487 g/mol. The third-order valence-corrected chi connectivity index (χ3v) is 8.09. The Bertz CT molecular complexity index is 1460. The van der Waals surface area contributed by atoms with Crippen molar-refractivity contribution in [1.29, 1.82) is 0 Å². The van der Waals surface area contributed by atoms with Gasteiger partial charge in [0.1, 0.15) is 16.5 Å². The number of anilines is 1. The van der Waals surface area contributed by atoms with Crippen LogP contribution < -0.4 is 11.1 Å². The van der Waals surface area contributed by atoms with Crippen LogP contribution in [0.25, 0.3) is 22.4 Å². The van der Waals surface area contributed by atoms with Gasteiger partial charge in [-0.3, -0.25) is 9.59 Å². The molecule has 1 aliphatic carbocycles. The maximum atomic E-state index is 13.6. The Morgan fingerprint density at radius 3 is 2.63 bits per heavy atom. The van der Waals surface area contributed by atoms with Crippen LogP contribution in [0.2, 0.25) is 0 Å². The van der Waals surface area contributed by atoms with Gasteiger partial charge < -0.3 is 15.5 Å². The minimum Gasteiger partial charge on any atom is -0.460 e. The Kier molecular flexibility index (Phi) is 5.75. The minimum absolute atomic E-state index is 0.175. The molecule has 3 aromatic heterocycles. The van der Waals surface area contributed by atoms with Gasteiger partial charge in [0.15, 0.2) is 5.76 Å². The molecule has 4 aromatic rings. The lowest BCUT2D eigenvalue weighted by molar-refractivity contribution is 0.1000. The molecule has 0 aliphatic heterocycles. The number of hydrogen-bond acceptors (Lipinski definition) is 5. The van der Waals surface area contributed by atoms with Gasteiger partial charge in [-0.15, -0.1) is 11.3 Å². The molecule has 0 saturated carbocycles. The van der Waals surface area contributed by atoms with Gasteiger partial charge in [0.05, 0.1) is 16.6 Å². The number of aryl methyl sites for hydroxylation is 1. The van der Waals surface area contributed by atoms with E-state index in [0.29, 0.717) is 39.0 Å². The highest BCUT2D eigenvalue weighted by Crippen LogP contribution is 2.44. The lowest BCUT2D eigenvalue weighted by Crippen LogP contribution is -2.27. The normalized spacial score (nSPS) is 15.7. The van der Waals surface area contributed by atoms with E-state index < -0.39 is 5.91 Å². The maximum Gasteiger partial charge on any atom is 0.257 e. The van der Waals surface area contributed by atoms with Crippen molar-refractivity contribution in [2.75, 3.05) is 5.32 Å². The molecule has 0 bridgehead atoms. The van der Waals surface area contributed by atoms with E-state index in [-0.39, 0.29) is 11.3 Å². The quantitative estimate of drug-likeness (QED) is 0.350. The Hall–Kier alpha value is -3.45.